The average Bonchev–Trinajstić information content (AvgIpc) is 3.29. The third-order valence-electron chi connectivity index (χ3n) is 4.76. The number of nitrogens with one attached hydrogen (secondary N) is 1. The number of aromatic nitrogens is 2. The van der Waals surface area contributed by atoms with E-state index in [0.29, 0.717) is 17.0 Å². The minimum absolute atomic E-state index is 0.0898. The number of sulfonamides is 1. The summed E-state index contributed by atoms with van der Waals surface area (Å²) < 4.78 is 28.5. The van der Waals surface area contributed by atoms with Gasteiger partial charge in [0.1, 0.15) is 5.65 Å². The molecule has 2 aromatic heterocycles. The second-order valence-corrected chi connectivity index (χ2v) is 8.17. The molecule has 0 amide bonds. The van der Waals surface area contributed by atoms with Crippen molar-refractivity contribution in [3.8, 4) is 0 Å². The first kappa shape index (κ1) is 16.0. The second kappa shape index (κ2) is 6.07. The highest BCUT2D eigenvalue weighted by molar-refractivity contribution is 7.93. The Bertz CT molecular complexity index is 992. The number of nitrogen functional groups attached to an aromatic ring is 1. The Kier molecular flexibility index (Phi) is 3.88. The van der Waals surface area contributed by atoms with E-state index >= 15 is 0 Å². The maximum absolute atomic E-state index is 13.5. The summed E-state index contributed by atoms with van der Waals surface area (Å²) in [4.78, 5) is 7.58. The van der Waals surface area contributed by atoms with Crippen LogP contribution < -0.4 is 10.0 Å². The van der Waals surface area contributed by atoms with Gasteiger partial charge in [-0.3, -0.25) is 4.31 Å². The lowest BCUT2D eigenvalue weighted by Gasteiger charge is -2.31. The van der Waals surface area contributed by atoms with E-state index in [2.05, 4.69) is 9.97 Å². The molecule has 0 radical (unpaired) electrons. The van der Waals surface area contributed by atoms with Gasteiger partial charge in [0, 0.05) is 17.6 Å². The zero-order valence-electron chi connectivity index (χ0n) is 13.7. The van der Waals surface area contributed by atoms with Gasteiger partial charge >= 0.3 is 0 Å². The first-order valence-corrected chi connectivity index (χ1v) is 9.84. The summed E-state index contributed by atoms with van der Waals surface area (Å²) in [7, 11) is -3.72. The Balaban J connectivity index is 1.96. The molecule has 0 saturated heterocycles. The molecule has 1 saturated carbocycles. The van der Waals surface area contributed by atoms with Gasteiger partial charge in [0.05, 0.1) is 22.5 Å². The van der Waals surface area contributed by atoms with E-state index < -0.39 is 10.0 Å². The predicted molar refractivity (Wildman–Crippen MR) is 98.9 cm³/mol. The molecular weight excluding hydrogens is 336 g/mol. The number of pyridine rings is 1. The molecule has 0 unspecified atom stereocenters. The van der Waals surface area contributed by atoms with Crippen LogP contribution in [0.1, 0.15) is 25.7 Å². The molecule has 6 nitrogen and oxygen atoms in total. The van der Waals surface area contributed by atoms with Crippen LogP contribution in [0, 0.1) is 0 Å². The van der Waals surface area contributed by atoms with Crippen LogP contribution in [0.3, 0.4) is 0 Å². The number of anilines is 2. The van der Waals surface area contributed by atoms with Crippen LogP contribution in [-0.4, -0.2) is 24.4 Å². The molecule has 130 valence electrons. The molecule has 3 N–H and O–H groups in total. The molecule has 25 heavy (non-hydrogen) atoms. The third kappa shape index (κ3) is 2.64. The normalized spacial score (nSPS) is 15.7. The zero-order chi connectivity index (χ0) is 17.4. The van der Waals surface area contributed by atoms with E-state index in [9.17, 15) is 8.42 Å². The van der Waals surface area contributed by atoms with Crippen molar-refractivity contribution in [1.82, 2.24) is 9.97 Å². The van der Waals surface area contributed by atoms with Gasteiger partial charge in [-0.25, -0.2) is 13.4 Å². The Morgan fingerprint density at radius 2 is 1.84 bits per heavy atom. The van der Waals surface area contributed by atoms with Crippen molar-refractivity contribution >= 4 is 32.4 Å². The average molecular weight is 356 g/mol. The molecule has 1 fully saturated rings. The zero-order valence-corrected chi connectivity index (χ0v) is 14.5. The number of benzene rings is 1. The van der Waals surface area contributed by atoms with E-state index in [1.807, 2.05) is 12.1 Å². The first-order chi connectivity index (χ1) is 12.1. The fourth-order valence-corrected chi connectivity index (χ4v) is 5.37. The fourth-order valence-electron chi connectivity index (χ4n) is 3.60. The monoisotopic (exact) mass is 356 g/mol. The van der Waals surface area contributed by atoms with Crippen molar-refractivity contribution in [2.75, 3.05) is 10.0 Å². The molecule has 1 aliphatic rings. The SMILES string of the molecule is Nc1cnc2[nH]ccc2c1N(C1CCCC1)S(=O)(=O)c1ccccc1. The van der Waals surface area contributed by atoms with Crippen LogP contribution in [0.25, 0.3) is 11.0 Å². The molecular formula is C18H20N4O2S. The van der Waals surface area contributed by atoms with Crippen LogP contribution in [0.4, 0.5) is 11.4 Å². The largest absolute Gasteiger partial charge is 0.396 e. The number of hydrogen-bond acceptors (Lipinski definition) is 4. The van der Waals surface area contributed by atoms with Gasteiger partial charge in [0.25, 0.3) is 10.0 Å². The summed E-state index contributed by atoms with van der Waals surface area (Å²) >= 11 is 0. The lowest BCUT2D eigenvalue weighted by atomic mass is 10.2. The maximum atomic E-state index is 13.5. The van der Waals surface area contributed by atoms with Crippen LogP contribution >= 0.6 is 0 Å². The van der Waals surface area contributed by atoms with E-state index in [0.717, 1.165) is 31.1 Å². The summed E-state index contributed by atoms with van der Waals surface area (Å²) in [6.45, 7) is 0. The molecule has 0 spiro atoms. The summed E-state index contributed by atoms with van der Waals surface area (Å²) in [6, 6.07) is 10.3. The molecule has 2 heterocycles. The minimum Gasteiger partial charge on any atom is -0.396 e. The Hall–Kier alpha value is -2.54. The topological polar surface area (TPSA) is 92.1 Å². The van der Waals surface area contributed by atoms with Crippen molar-refractivity contribution in [3.63, 3.8) is 0 Å². The van der Waals surface area contributed by atoms with Crippen molar-refractivity contribution in [2.45, 2.75) is 36.6 Å². The lowest BCUT2D eigenvalue weighted by Crippen LogP contribution is -2.39. The lowest BCUT2D eigenvalue weighted by molar-refractivity contribution is 0.575. The number of H-pyrrole nitrogens is 1. The summed E-state index contributed by atoms with van der Waals surface area (Å²) in [5, 5.41) is 0.728. The first-order valence-electron chi connectivity index (χ1n) is 8.40. The molecule has 3 aromatic rings. The second-order valence-electron chi connectivity index (χ2n) is 6.35. The van der Waals surface area contributed by atoms with Crippen molar-refractivity contribution < 1.29 is 8.42 Å². The maximum Gasteiger partial charge on any atom is 0.264 e. The summed E-state index contributed by atoms with van der Waals surface area (Å²) in [5.41, 5.74) is 7.74. The minimum atomic E-state index is -3.72. The predicted octanol–water partition coefficient (Wildman–Crippen LogP) is 3.28. The smallest absolute Gasteiger partial charge is 0.264 e. The third-order valence-corrected chi connectivity index (χ3v) is 6.63. The van der Waals surface area contributed by atoms with Gasteiger partial charge in [-0.15, -0.1) is 0 Å². The van der Waals surface area contributed by atoms with Crippen LogP contribution in [0.5, 0.6) is 0 Å². The van der Waals surface area contributed by atoms with Gasteiger partial charge in [-0.2, -0.15) is 0 Å². The molecule has 1 aromatic carbocycles. The van der Waals surface area contributed by atoms with E-state index in [1.54, 1.807) is 30.5 Å². The van der Waals surface area contributed by atoms with E-state index in [1.165, 1.54) is 10.5 Å². The number of hydrogen-bond donors (Lipinski definition) is 2. The van der Waals surface area contributed by atoms with E-state index in [4.69, 9.17) is 5.73 Å². The summed E-state index contributed by atoms with van der Waals surface area (Å²) in [5.74, 6) is 0. The molecule has 1 aliphatic carbocycles. The Morgan fingerprint density at radius 3 is 2.56 bits per heavy atom. The highest BCUT2D eigenvalue weighted by Gasteiger charge is 2.35. The molecule has 0 atom stereocenters. The Morgan fingerprint density at radius 1 is 1.12 bits per heavy atom. The number of nitrogens with two attached hydrogens (primary N) is 1. The number of rotatable bonds is 4. The standard InChI is InChI=1S/C18H20N4O2S/c19-16-12-21-18-15(10-11-20-18)17(16)22(13-6-4-5-7-13)25(23,24)14-8-2-1-3-9-14/h1-3,8-13H,4-7,19H2,(H,20,21). The fraction of sp³-hybridized carbons (Fsp3) is 0.278. The van der Waals surface area contributed by atoms with Crippen molar-refractivity contribution in [3.05, 3.63) is 48.8 Å². The van der Waals surface area contributed by atoms with Gasteiger partial charge < -0.3 is 10.7 Å². The molecule has 0 bridgehead atoms. The van der Waals surface area contributed by atoms with Crippen LogP contribution in [0.15, 0.2) is 53.7 Å². The van der Waals surface area contributed by atoms with Gasteiger partial charge in [0.15, 0.2) is 0 Å². The summed E-state index contributed by atoms with van der Waals surface area (Å²) in [6.07, 6.45) is 6.98. The highest BCUT2D eigenvalue weighted by atomic mass is 32.2. The van der Waals surface area contributed by atoms with Gasteiger partial charge in [-0.05, 0) is 31.0 Å². The van der Waals surface area contributed by atoms with Crippen LogP contribution in [-0.2, 0) is 10.0 Å². The van der Waals surface area contributed by atoms with Crippen LogP contribution in [0.2, 0.25) is 0 Å². The molecule has 0 aliphatic heterocycles. The number of nitrogens with zero attached hydrogens (tertiary/aromatic N) is 2. The quantitative estimate of drug-likeness (QED) is 0.750. The van der Waals surface area contributed by atoms with Gasteiger partial charge in [-0.1, -0.05) is 31.0 Å². The molecule has 4 rings (SSSR count). The Labute approximate surface area is 146 Å². The van der Waals surface area contributed by atoms with Crippen molar-refractivity contribution in [1.29, 1.82) is 0 Å². The molecule has 7 heteroatoms. The number of fused-ring (bicyclic) bond motifs is 1. The van der Waals surface area contributed by atoms with Gasteiger partial charge in [0.2, 0.25) is 0 Å². The highest BCUT2D eigenvalue weighted by Crippen LogP contribution is 2.40. The van der Waals surface area contributed by atoms with E-state index in [-0.39, 0.29) is 10.9 Å². The number of aromatic amines is 1. The van der Waals surface area contributed by atoms with Crippen molar-refractivity contribution in [2.24, 2.45) is 0 Å².